The maximum absolute atomic E-state index is 13.3. The van der Waals surface area contributed by atoms with Gasteiger partial charge in [-0.05, 0) is 42.4 Å². The predicted molar refractivity (Wildman–Crippen MR) is 76.5 cm³/mol. The summed E-state index contributed by atoms with van der Waals surface area (Å²) in [4.78, 5) is 2.46. The maximum atomic E-state index is 13.3. The van der Waals surface area contributed by atoms with Gasteiger partial charge in [-0.3, -0.25) is 4.90 Å². The SMILES string of the molecule is OCC#Cc1cc(F)ccc1CN1CC2CCCC2C1. The molecular weight excluding hydrogens is 253 g/mol. The van der Waals surface area contributed by atoms with E-state index in [0.717, 1.165) is 37.0 Å². The molecule has 1 saturated carbocycles. The second-order valence-corrected chi connectivity index (χ2v) is 5.91. The van der Waals surface area contributed by atoms with Gasteiger partial charge in [0.05, 0.1) is 0 Å². The molecule has 0 aromatic heterocycles. The third kappa shape index (κ3) is 2.87. The van der Waals surface area contributed by atoms with E-state index in [2.05, 4.69) is 16.7 Å². The highest BCUT2D eigenvalue weighted by molar-refractivity contribution is 5.41. The number of halogens is 1. The molecule has 1 saturated heterocycles. The van der Waals surface area contributed by atoms with Crippen LogP contribution >= 0.6 is 0 Å². The Morgan fingerprint density at radius 1 is 1.25 bits per heavy atom. The number of aliphatic hydroxyl groups is 1. The summed E-state index contributed by atoms with van der Waals surface area (Å²) >= 11 is 0. The van der Waals surface area contributed by atoms with Crippen LogP contribution in [0.4, 0.5) is 4.39 Å². The first kappa shape index (κ1) is 13.6. The Balaban J connectivity index is 1.74. The normalized spacial score (nSPS) is 25.3. The quantitative estimate of drug-likeness (QED) is 0.836. The van der Waals surface area contributed by atoms with Crippen molar-refractivity contribution in [3.05, 3.63) is 35.1 Å². The van der Waals surface area contributed by atoms with Gasteiger partial charge < -0.3 is 5.11 Å². The first-order chi connectivity index (χ1) is 9.76. The molecule has 2 unspecified atom stereocenters. The number of benzene rings is 1. The molecule has 1 aromatic rings. The summed E-state index contributed by atoms with van der Waals surface area (Å²) in [5.41, 5.74) is 1.77. The number of hydrogen-bond donors (Lipinski definition) is 1. The Morgan fingerprint density at radius 3 is 2.70 bits per heavy atom. The van der Waals surface area contributed by atoms with Gasteiger partial charge in [0.15, 0.2) is 0 Å². The van der Waals surface area contributed by atoms with Crippen LogP contribution < -0.4 is 0 Å². The van der Waals surface area contributed by atoms with Crippen LogP contribution in [0.15, 0.2) is 18.2 Å². The topological polar surface area (TPSA) is 23.5 Å². The summed E-state index contributed by atoms with van der Waals surface area (Å²) in [7, 11) is 0. The molecule has 2 aliphatic rings. The number of likely N-dealkylation sites (tertiary alicyclic amines) is 1. The zero-order chi connectivity index (χ0) is 13.9. The van der Waals surface area contributed by atoms with Crippen LogP contribution in [-0.4, -0.2) is 29.7 Å². The summed E-state index contributed by atoms with van der Waals surface area (Å²) in [5.74, 6) is 6.94. The van der Waals surface area contributed by atoms with Crippen LogP contribution in [0.25, 0.3) is 0 Å². The van der Waals surface area contributed by atoms with Crippen LogP contribution in [0, 0.1) is 29.5 Å². The lowest BCUT2D eigenvalue weighted by molar-refractivity contribution is 0.303. The standard InChI is InChI=1S/C17H20FNO/c18-17-7-6-16(13(9-17)5-2-8-20)12-19-10-14-3-1-4-15(14)11-19/h6-7,9,14-15,20H,1,3-4,8,10-12H2. The highest BCUT2D eigenvalue weighted by atomic mass is 19.1. The average molecular weight is 273 g/mol. The minimum Gasteiger partial charge on any atom is -0.384 e. The largest absolute Gasteiger partial charge is 0.384 e. The minimum atomic E-state index is -0.269. The Kier molecular flexibility index (Phi) is 4.05. The van der Waals surface area contributed by atoms with Crippen LogP contribution in [0.1, 0.15) is 30.4 Å². The summed E-state index contributed by atoms with van der Waals surface area (Å²) in [6, 6.07) is 4.79. The Morgan fingerprint density at radius 2 is 2.00 bits per heavy atom. The lowest BCUT2D eigenvalue weighted by Crippen LogP contribution is -2.21. The van der Waals surface area contributed by atoms with Crippen molar-refractivity contribution in [3.63, 3.8) is 0 Å². The lowest BCUT2D eigenvalue weighted by Gasteiger charge is -2.17. The zero-order valence-electron chi connectivity index (χ0n) is 11.6. The second-order valence-electron chi connectivity index (χ2n) is 5.91. The smallest absolute Gasteiger partial charge is 0.124 e. The monoisotopic (exact) mass is 273 g/mol. The number of fused-ring (bicyclic) bond motifs is 1. The average Bonchev–Trinajstić information content (AvgIpc) is 3.00. The Hall–Kier alpha value is -1.37. The van der Waals surface area contributed by atoms with Gasteiger partial charge in [0.2, 0.25) is 0 Å². The molecule has 106 valence electrons. The van der Waals surface area contributed by atoms with E-state index >= 15 is 0 Å². The summed E-state index contributed by atoms with van der Waals surface area (Å²) < 4.78 is 13.3. The summed E-state index contributed by atoms with van der Waals surface area (Å²) in [6.07, 6.45) is 4.11. The van der Waals surface area contributed by atoms with E-state index in [4.69, 9.17) is 5.11 Å². The fourth-order valence-corrected chi connectivity index (χ4v) is 3.64. The summed E-state index contributed by atoms with van der Waals surface area (Å²) in [6.45, 7) is 2.97. The second kappa shape index (κ2) is 5.95. The third-order valence-corrected chi connectivity index (χ3v) is 4.57. The number of aliphatic hydroxyl groups excluding tert-OH is 1. The van der Waals surface area contributed by atoms with Crippen molar-refractivity contribution < 1.29 is 9.50 Å². The molecule has 20 heavy (non-hydrogen) atoms. The van der Waals surface area contributed by atoms with Gasteiger partial charge in [-0.2, -0.15) is 0 Å². The molecule has 1 aromatic carbocycles. The fourth-order valence-electron chi connectivity index (χ4n) is 3.64. The van der Waals surface area contributed by atoms with Gasteiger partial charge in [-0.25, -0.2) is 4.39 Å². The highest BCUT2D eigenvalue weighted by Crippen LogP contribution is 2.38. The van der Waals surface area contributed by atoms with E-state index < -0.39 is 0 Å². The van der Waals surface area contributed by atoms with Crippen molar-refractivity contribution >= 4 is 0 Å². The number of hydrogen-bond acceptors (Lipinski definition) is 2. The van der Waals surface area contributed by atoms with Crippen LogP contribution in [-0.2, 0) is 6.54 Å². The summed E-state index contributed by atoms with van der Waals surface area (Å²) in [5, 5.41) is 8.80. The molecule has 0 spiro atoms. The van der Waals surface area contributed by atoms with Crippen molar-refractivity contribution in [2.24, 2.45) is 11.8 Å². The third-order valence-electron chi connectivity index (χ3n) is 4.57. The van der Waals surface area contributed by atoms with Gasteiger partial charge >= 0.3 is 0 Å². The van der Waals surface area contributed by atoms with Gasteiger partial charge in [-0.15, -0.1) is 0 Å². The van der Waals surface area contributed by atoms with Gasteiger partial charge in [-0.1, -0.05) is 24.3 Å². The molecule has 2 atom stereocenters. The van der Waals surface area contributed by atoms with Crippen LogP contribution in [0.2, 0.25) is 0 Å². The van der Waals surface area contributed by atoms with Crippen LogP contribution in [0.3, 0.4) is 0 Å². The fraction of sp³-hybridized carbons (Fsp3) is 0.529. The van der Waals surface area contributed by atoms with Crippen molar-refractivity contribution in [1.82, 2.24) is 4.90 Å². The molecule has 2 nitrogen and oxygen atoms in total. The molecule has 0 amide bonds. The molecule has 0 bridgehead atoms. The molecule has 1 N–H and O–H groups in total. The molecule has 0 radical (unpaired) electrons. The van der Waals surface area contributed by atoms with E-state index in [1.165, 1.54) is 31.4 Å². The highest BCUT2D eigenvalue weighted by Gasteiger charge is 2.35. The van der Waals surface area contributed by atoms with Crippen molar-refractivity contribution in [3.8, 4) is 11.8 Å². The number of rotatable bonds is 2. The molecule has 2 fully saturated rings. The zero-order valence-corrected chi connectivity index (χ0v) is 11.6. The number of nitrogens with zero attached hydrogens (tertiary/aromatic N) is 1. The van der Waals surface area contributed by atoms with E-state index in [-0.39, 0.29) is 12.4 Å². The minimum absolute atomic E-state index is 0.191. The molecular formula is C17H20FNO. The lowest BCUT2D eigenvalue weighted by atomic mass is 10.0. The Bertz CT molecular complexity index is 534. The van der Waals surface area contributed by atoms with E-state index in [1.807, 2.05) is 6.07 Å². The molecule has 3 heteroatoms. The van der Waals surface area contributed by atoms with E-state index in [0.29, 0.717) is 5.56 Å². The van der Waals surface area contributed by atoms with Gasteiger partial charge in [0.1, 0.15) is 12.4 Å². The Labute approximate surface area is 119 Å². The van der Waals surface area contributed by atoms with E-state index in [1.54, 1.807) is 0 Å². The molecule has 3 rings (SSSR count). The van der Waals surface area contributed by atoms with Gasteiger partial charge in [0, 0.05) is 25.2 Å². The maximum Gasteiger partial charge on any atom is 0.124 e. The molecule has 1 aliphatic carbocycles. The molecule has 1 heterocycles. The predicted octanol–water partition coefficient (Wildman–Crippen LogP) is 2.40. The first-order valence-electron chi connectivity index (χ1n) is 7.37. The molecule has 1 aliphatic heterocycles. The van der Waals surface area contributed by atoms with Crippen LogP contribution in [0.5, 0.6) is 0 Å². The van der Waals surface area contributed by atoms with Crippen molar-refractivity contribution in [2.75, 3.05) is 19.7 Å². The van der Waals surface area contributed by atoms with Crippen molar-refractivity contribution in [1.29, 1.82) is 0 Å². The van der Waals surface area contributed by atoms with Gasteiger partial charge in [0.25, 0.3) is 0 Å². The van der Waals surface area contributed by atoms with Crippen molar-refractivity contribution in [2.45, 2.75) is 25.8 Å². The first-order valence-corrected chi connectivity index (χ1v) is 7.37. The van der Waals surface area contributed by atoms with E-state index in [9.17, 15) is 4.39 Å².